The Bertz CT molecular complexity index is 1060. The molecule has 0 bridgehead atoms. The Hall–Kier alpha value is -1.17. The molecule has 0 spiro atoms. The molecule has 2 aromatic carbocycles. The van der Waals surface area contributed by atoms with Crippen molar-refractivity contribution in [1.82, 2.24) is 0 Å². The molecule has 1 heterocycles. The van der Waals surface area contributed by atoms with E-state index in [9.17, 15) is 48.5 Å². The summed E-state index contributed by atoms with van der Waals surface area (Å²) in [4.78, 5) is 0. The average Bonchev–Trinajstić information content (AvgIpc) is 2.75. The first-order valence-electron chi connectivity index (χ1n) is 7.04. The molecule has 0 saturated heterocycles. The van der Waals surface area contributed by atoms with E-state index >= 15 is 0 Å². The number of rotatable bonds is 0. The zero-order chi connectivity index (χ0) is 24.8. The molecule has 31 heavy (non-hydrogen) atoms. The fourth-order valence-electron chi connectivity index (χ4n) is 2.13. The van der Waals surface area contributed by atoms with Crippen molar-refractivity contribution in [2.75, 3.05) is 0 Å². The number of halogens is 15. The van der Waals surface area contributed by atoms with Crippen LogP contribution in [-0.4, -0.2) is 39.8 Å². The average molecular weight is 708 g/mol. The van der Waals surface area contributed by atoms with Crippen molar-refractivity contribution in [3.63, 3.8) is 0 Å². The summed E-state index contributed by atoms with van der Waals surface area (Å²) >= 11 is -20.4. The van der Waals surface area contributed by atoms with Gasteiger partial charge in [-0.25, -0.2) is 4.39 Å². The third kappa shape index (κ3) is 12.4. The Labute approximate surface area is 168 Å². The van der Waals surface area contributed by atoms with Crippen molar-refractivity contribution in [3.05, 3.63) is 48.3 Å². The summed E-state index contributed by atoms with van der Waals surface area (Å²) in [6, 6.07) is 9.23. The van der Waals surface area contributed by atoms with Crippen LogP contribution in [0.5, 0.6) is 0 Å². The Kier molecular flexibility index (Phi) is 6.67. The quantitative estimate of drug-likeness (QED) is 0.125. The van der Waals surface area contributed by atoms with Gasteiger partial charge in [-0.05, 0) is 18.2 Å². The normalized spacial score (nSPS) is 16.2. The molecule has 0 fully saturated rings. The van der Waals surface area contributed by atoms with E-state index in [2.05, 4.69) is 0 Å². The van der Waals surface area contributed by atoms with Crippen LogP contribution >= 0.6 is 0 Å². The van der Waals surface area contributed by atoms with Gasteiger partial charge in [0.05, 0.1) is 10.8 Å². The van der Waals surface area contributed by atoms with E-state index < -0.39 is 52.0 Å². The van der Waals surface area contributed by atoms with Crippen molar-refractivity contribution in [1.29, 1.82) is 0 Å². The number of para-hydroxylation sites is 1. The van der Waals surface area contributed by atoms with Crippen molar-refractivity contribution in [3.8, 4) is 0 Å². The van der Waals surface area contributed by atoms with Crippen LogP contribution in [0.25, 0.3) is 21.9 Å². The summed E-state index contributed by atoms with van der Waals surface area (Å²) in [7, 11) is 0. The second kappa shape index (κ2) is 7.43. The molecule has 0 saturated carbocycles. The summed E-state index contributed by atoms with van der Waals surface area (Å²) in [6.07, 6.45) is -4.61. The molecule has 3 rings (SSSR count). The van der Waals surface area contributed by atoms with E-state index in [4.69, 9.17) is 0 Å². The monoisotopic (exact) mass is 706 g/mol. The Balaban J connectivity index is 0.000000308. The Morgan fingerprint density at radius 1 is 0.677 bits per heavy atom. The second-order valence-corrected chi connectivity index (χ2v) is 14.6. The molecule has 3 aromatic rings. The molecule has 0 radical (unpaired) electrons. The number of benzene rings is 2. The van der Waals surface area contributed by atoms with E-state index in [-0.39, 0.29) is 16.6 Å². The first-order valence-corrected chi connectivity index (χ1v) is 17.7. The molecule has 0 amide bonds. The van der Waals surface area contributed by atoms with Crippen LogP contribution in [0.1, 0.15) is 0 Å². The van der Waals surface area contributed by atoms with Gasteiger partial charge in [0, 0.05) is 12.1 Å². The van der Waals surface area contributed by atoms with Crippen molar-refractivity contribution in [2.45, 2.75) is 6.36 Å². The van der Waals surface area contributed by atoms with Gasteiger partial charge in [-0.3, -0.25) is 0 Å². The summed E-state index contributed by atoms with van der Waals surface area (Å²) in [5.41, 5.74) is -0.171. The number of fused-ring (bicyclic) bond motifs is 3. The van der Waals surface area contributed by atoms with Crippen LogP contribution in [0.3, 0.4) is 0 Å². The molecule has 1 aromatic heterocycles. The second-order valence-electron chi connectivity index (χ2n) is 5.49. The zero-order valence-corrected chi connectivity index (χ0v) is 19.1. The third-order valence-corrected chi connectivity index (χ3v) is 2.79. The maximum absolute atomic E-state index is 13.2. The molecular formula is C13H7F15OSb2. The first kappa shape index (κ1) is 27.9. The standard InChI is InChI=1S/C13H7F4O.11FH.2Sb/c14-8-5-6-12-10(7-8)9-3-1-2-4-11(9)18(12)13(15,16)17;;;;;;;;;;;;;/h1-7H;11*1H;;/q+1;;;;;;;;;;;;2*+5/p-11. The summed E-state index contributed by atoms with van der Waals surface area (Å²) in [5.74, 6) is -0.562. The van der Waals surface area contributed by atoms with E-state index in [1.54, 1.807) is 6.07 Å². The van der Waals surface area contributed by atoms with Crippen LogP contribution in [0.4, 0.5) is 48.5 Å². The fraction of sp³-hybridized carbons (Fsp3) is 0.0769. The van der Waals surface area contributed by atoms with Gasteiger partial charge < -0.3 is 4.05 Å². The fourth-order valence-corrected chi connectivity index (χ4v) is 2.13. The van der Waals surface area contributed by atoms with Gasteiger partial charge in [0.1, 0.15) is 5.82 Å². The molecule has 0 unspecified atom stereocenters. The van der Waals surface area contributed by atoms with Gasteiger partial charge in [-0.2, -0.15) is 0 Å². The predicted molar refractivity (Wildman–Crippen MR) is 83.3 cm³/mol. The Morgan fingerprint density at radius 2 is 1.06 bits per heavy atom. The van der Waals surface area contributed by atoms with Crippen LogP contribution < -0.4 is 0 Å². The number of hydrogen-bond acceptors (Lipinski definition) is 0. The molecule has 0 N–H and O–H groups in total. The summed E-state index contributed by atoms with van der Waals surface area (Å²) in [6.45, 7) is 0. The van der Waals surface area contributed by atoms with Gasteiger partial charge in [-0.1, -0.05) is 25.3 Å². The van der Waals surface area contributed by atoms with Crippen LogP contribution in [0.15, 0.2) is 46.5 Å². The van der Waals surface area contributed by atoms with Crippen LogP contribution in [-0.2, 0) is 6.36 Å². The van der Waals surface area contributed by atoms with Crippen molar-refractivity contribution >= 4 is 61.7 Å². The molecule has 0 aliphatic rings. The summed E-state index contributed by atoms with van der Waals surface area (Å²) < 4.78 is 163. The van der Waals surface area contributed by atoms with Crippen LogP contribution in [0.2, 0.25) is 0 Å². The molecule has 0 aliphatic heterocycles. The van der Waals surface area contributed by atoms with Crippen molar-refractivity contribution < 1.29 is 52.6 Å². The number of hydrogen-bond donors (Lipinski definition) is 0. The number of alkyl halides is 3. The minimum atomic E-state index is -11.2. The van der Waals surface area contributed by atoms with Gasteiger partial charge in [0.25, 0.3) is 11.2 Å². The van der Waals surface area contributed by atoms with E-state index in [0.717, 1.165) is 18.2 Å². The third-order valence-electron chi connectivity index (χ3n) is 2.79. The molecule has 180 valence electrons. The van der Waals surface area contributed by atoms with Gasteiger partial charge in [0.2, 0.25) is 0 Å². The molecular weight excluding hydrogens is 701 g/mol. The molecule has 18 heteroatoms. The molecule has 0 aliphatic carbocycles. The number of furan rings is 1. The van der Waals surface area contributed by atoms with Crippen LogP contribution in [0, 0.1) is 5.82 Å². The maximum atomic E-state index is 13.2. The first-order chi connectivity index (χ1) is 13.2. The van der Waals surface area contributed by atoms with Crippen molar-refractivity contribution in [2.24, 2.45) is 0 Å². The van der Waals surface area contributed by atoms with Gasteiger partial charge in [0.15, 0.2) is 0 Å². The summed E-state index contributed by atoms with van der Waals surface area (Å²) in [5, 5.41) is 0.585. The predicted octanol–water partition coefficient (Wildman–Crippen LogP) is 8.75. The molecule has 0 atom stereocenters. The van der Waals surface area contributed by atoms with E-state index in [1.807, 2.05) is 0 Å². The van der Waals surface area contributed by atoms with E-state index in [0.29, 0.717) is 5.39 Å². The van der Waals surface area contributed by atoms with E-state index in [1.165, 1.54) is 22.2 Å². The Morgan fingerprint density at radius 3 is 1.48 bits per heavy atom. The zero-order valence-electron chi connectivity index (χ0n) is 14.0. The minimum absolute atomic E-state index is 0.0504. The molecule has 1 nitrogen and oxygen atoms in total. The van der Waals surface area contributed by atoms with Gasteiger partial charge >= 0.3 is 77.1 Å². The SMILES string of the molecule is Fc1ccc2c(c1)c1ccccc1[o+]2C(F)(F)F.[F][Sb-]([F])([F])([F])([F])[F].[F][Sb]([F])([F])([F])[F]. The topological polar surface area (TPSA) is 2.70 Å². The van der Waals surface area contributed by atoms with Gasteiger partial charge in [-0.15, -0.1) is 0 Å².